The van der Waals surface area contributed by atoms with Gasteiger partial charge in [0.05, 0.1) is 16.7 Å². The lowest BCUT2D eigenvalue weighted by atomic mass is 9.92. The summed E-state index contributed by atoms with van der Waals surface area (Å²) in [5.41, 5.74) is 7.08. The first-order valence-electron chi connectivity index (χ1n) is 11.8. The zero-order valence-corrected chi connectivity index (χ0v) is 20.9. The highest BCUT2D eigenvalue weighted by atomic mass is 35.5. The molecule has 0 amide bonds. The summed E-state index contributed by atoms with van der Waals surface area (Å²) in [6.07, 6.45) is 4.20. The predicted octanol–water partition coefficient (Wildman–Crippen LogP) is 5.85. The number of likely N-dealkylation sites (tertiary alicyclic amines) is 1. The number of hydrogen-bond donors (Lipinski definition) is 1. The van der Waals surface area contributed by atoms with Gasteiger partial charge in [-0.05, 0) is 62.4 Å². The predicted molar refractivity (Wildman–Crippen MR) is 134 cm³/mol. The van der Waals surface area contributed by atoms with E-state index in [2.05, 4.69) is 49.7 Å². The number of fused-ring (bicyclic) bond motifs is 1. The molecule has 32 heavy (non-hydrogen) atoms. The van der Waals surface area contributed by atoms with Crippen LogP contribution < -0.4 is 5.56 Å². The van der Waals surface area contributed by atoms with Crippen molar-refractivity contribution in [3.63, 3.8) is 0 Å². The maximum Gasteiger partial charge on any atom is 0.269 e. The Kier molecular flexibility index (Phi) is 6.51. The first-order chi connectivity index (χ1) is 15.2. The summed E-state index contributed by atoms with van der Waals surface area (Å²) in [6, 6.07) is 4.36. The van der Waals surface area contributed by atoms with Gasteiger partial charge in [-0.3, -0.25) is 9.78 Å². The Morgan fingerprint density at radius 1 is 1.19 bits per heavy atom. The van der Waals surface area contributed by atoms with E-state index in [9.17, 15) is 4.79 Å². The number of nitrogens with zero attached hydrogens (tertiary/aromatic N) is 3. The van der Waals surface area contributed by atoms with Gasteiger partial charge in [0.1, 0.15) is 5.02 Å². The fourth-order valence-electron chi connectivity index (χ4n) is 5.07. The molecule has 3 aromatic heterocycles. The van der Waals surface area contributed by atoms with Gasteiger partial charge in [0, 0.05) is 42.5 Å². The number of hydrogen-bond acceptors (Lipinski definition) is 3. The quantitative estimate of drug-likeness (QED) is 0.526. The summed E-state index contributed by atoms with van der Waals surface area (Å²) in [7, 11) is 1.75. The van der Waals surface area contributed by atoms with Crippen molar-refractivity contribution in [2.75, 3.05) is 19.6 Å². The number of rotatable bonds is 5. The minimum Gasteiger partial charge on any atom is -0.353 e. The van der Waals surface area contributed by atoms with E-state index in [4.69, 9.17) is 16.6 Å². The molecule has 0 unspecified atom stereocenters. The summed E-state index contributed by atoms with van der Waals surface area (Å²) in [5, 5.41) is 0.278. The standard InChI is InChI=1S/C26H35ClN4O/c1-15(2)13-31-11-9-18(10-12-31)20-7-8-21-25(28-20)22(16(3)4)24(29-21)19-14-30(6)26(32)23(27)17(19)5/h7-8,14-16,18,29H,9-13H2,1-6H3. The van der Waals surface area contributed by atoms with Gasteiger partial charge >= 0.3 is 0 Å². The second kappa shape index (κ2) is 9.03. The number of aromatic amines is 1. The van der Waals surface area contributed by atoms with Crippen LogP contribution >= 0.6 is 11.6 Å². The Balaban J connectivity index is 1.74. The molecule has 172 valence electrons. The zero-order chi connectivity index (χ0) is 23.2. The molecule has 0 bridgehead atoms. The maximum absolute atomic E-state index is 12.3. The summed E-state index contributed by atoms with van der Waals surface area (Å²) in [6.45, 7) is 14.4. The van der Waals surface area contributed by atoms with Crippen LogP contribution in [0.2, 0.25) is 5.02 Å². The van der Waals surface area contributed by atoms with E-state index in [-0.39, 0.29) is 16.5 Å². The molecule has 4 heterocycles. The lowest BCUT2D eigenvalue weighted by Gasteiger charge is -2.32. The fourth-order valence-corrected chi connectivity index (χ4v) is 5.30. The Labute approximate surface area is 195 Å². The van der Waals surface area contributed by atoms with E-state index in [0.717, 1.165) is 53.8 Å². The van der Waals surface area contributed by atoms with Crippen LogP contribution in [0.3, 0.4) is 0 Å². The number of aromatic nitrogens is 3. The average molecular weight is 455 g/mol. The number of pyridine rings is 2. The fraction of sp³-hybridized carbons (Fsp3) is 0.538. The third kappa shape index (κ3) is 4.25. The van der Waals surface area contributed by atoms with Crippen LogP contribution in [0.25, 0.3) is 22.3 Å². The van der Waals surface area contributed by atoms with Crippen molar-refractivity contribution >= 4 is 22.6 Å². The minimum atomic E-state index is -0.167. The smallest absolute Gasteiger partial charge is 0.269 e. The van der Waals surface area contributed by atoms with Gasteiger partial charge in [0.25, 0.3) is 5.56 Å². The van der Waals surface area contributed by atoms with Gasteiger partial charge in [-0.15, -0.1) is 0 Å². The van der Waals surface area contributed by atoms with Gasteiger partial charge in [-0.25, -0.2) is 0 Å². The summed E-state index contributed by atoms with van der Waals surface area (Å²) >= 11 is 6.37. The third-order valence-electron chi connectivity index (χ3n) is 6.74. The molecule has 1 N–H and O–H groups in total. The zero-order valence-electron chi connectivity index (χ0n) is 20.1. The number of piperidine rings is 1. The molecule has 1 saturated heterocycles. The van der Waals surface area contributed by atoms with Crippen molar-refractivity contribution in [1.82, 2.24) is 19.4 Å². The van der Waals surface area contributed by atoms with Crippen LogP contribution in [-0.4, -0.2) is 39.1 Å². The maximum atomic E-state index is 12.3. The Morgan fingerprint density at radius 3 is 2.50 bits per heavy atom. The Morgan fingerprint density at radius 2 is 1.88 bits per heavy atom. The Bertz CT molecular complexity index is 1180. The van der Waals surface area contributed by atoms with Crippen molar-refractivity contribution in [2.24, 2.45) is 13.0 Å². The molecular formula is C26H35ClN4O. The molecule has 0 saturated carbocycles. The molecule has 0 radical (unpaired) electrons. The SMILES string of the molecule is Cc1c(-c2[nH]c3ccc(C4CCN(CC(C)C)CC4)nc3c2C(C)C)cn(C)c(=O)c1Cl. The topological polar surface area (TPSA) is 53.9 Å². The molecule has 0 spiro atoms. The first kappa shape index (κ1) is 23.1. The van der Waals surface area contributed by atoms with Gasteiger partial charge in [-0.2, -0.15) is 0 Å². The number of nitrogens with one attached hydrogen (secondary N) is 1. The van der Waals surface area contributed by atoms with Crippen molar-refractivity contribution in [1.29, 1.82) is 0 Å². The van der Waals surface area contributed by atoms with Crippen LogP contribution in [0.4, 0.5) is 0 Å². The van der Waals surface area contributed by atoms with Crippen LogP contribution in [-0.2, 0) is 7.05 Å². The lowest BCUT2D eigenvalue weighted by Crippen LogP contribution is -2.35. The molecule has 1 aliphatic heterocycles. The molecule has 1 aliphatic rings. The highest BCUT2D eigenvalue weighted by Crippen LogP contribution is 2.38. The molecule has 6 heteroatoms. The van der Waals surface area contributed by atoms with Crippen molar-refractivity contribution in [3.8, 4) is 11.3 Å². The number of H-pyrrole nitrogens is 1. The second-order valence-electron chi connectivity index (χ2n) is 10.1. The second-order valence-corrected chi connectivity index (χ2v) is 10.4. The lowest BCUT2D eigenvalue weighted by molar-refractivity contribution is 0.191. The van der Waals surface area contributed by atoms with E-state index in [0.29, 0.717) is 11.8 Å². The molecule has 4 rings (SSSR count). The summed E-state index contributed by atoms with van der Waals surface area (Å²) in [5.74, 6) is 1.50. The largest absolute Gasteiger partial charge is 0.353 e. The molecule has 0 aliphatic carbocycles. The molecular weight excluding hydrogens is 420 g/mol. The molecule has 0 atom stereocenters. The van der Waals surface area contributed by atoms with Crippen molar-refractivity contribution in [2.45, 2.75) is 59.3 Å². The highest BCUT2D eigenvalue weighted by molar-refractivity contribution is 6.31. The van der Waals surface area contributed by atoms with Gasteiger partial charge in [-0.1, -0.05) is 39.3 Å². The van der Waals surface area contributed by atoms with Crippen LogP contribution in [0, 0.1) is 12.8 Å². The van der Waals surface area contributed by atoms with E-state index < -0.39 is 0 Å². The molecule has 3 aromatic rings. The van der Waals surface area contributed by atoms with Crippen LogP contribution in [0.1, 0.15) is 69.2 Å². The van der Waals surface area contributed by atoms with E-state index in [1.54, 1.807) is 11.6 Å². The normalized spacial score (nSPS) is 16.0. The van der Waals surface area contributed by atoms with Crippen LogP contribution in [0.5, 0.6) is 0 Å². The average Bonchev–Trinajstić information content (AvgIpc) is 3.13. The van der Waals surface area contributed by atoms with Crippen molar-refractivity contribution in [3.05, 3.63) is 50.5 Å². The van der Waals surface area contributed by atoms with Gasteiger partial charge < -0.3 is 14.5 Å². The Hall–Kier alpha value is -2.11. The van der Waals surface area contributed by atoms with Crippen LogP contribution in [0.15, 0.2) is 23.1 Å². The van der Waals surface area contributed by atoms with E-state index >= 15 is 0 Å². The van der Waals surface area contributed by atoms with Crippen molar-refractivity contribution < 1.29 is 0 Å². The molecule has 5 nitrogen and oxygen atoms in total. The monoisotopic (exact) mass is 454 g/mol. The third-order valence-corrected chi connectivity index (χ3v) is 7.19. The molecule has 1 fully saturated rings. The molecule has 0 aromatic carbocycles. The first-order valence-corrected chi connectivity index (χ1v) is 12.2. The highest BCUT2D eigenvalue weighted by Gasteiger charge is 2.25. The van der Waals surface area contributed by atoms with Gasteiger partial charge in [0.2, 0.25) is 0 Å². The summed E-state index contributed by atoms with van der Waals surface area (Å²) < 4.78 is 1.56. The minimum absolute atomic E-state index is 0.167. The van der Waals surface area contributed by atoms with E-state index in [1.807, 2.05) is 13.1 Å². The number of aryl methyl sites for hydroxylation is 1. The number of halogens is 1. The van der Waals surface area contributed by atoms with Gasteiger partial charge in [0.15, 0.2) is 0 Å². The van der Waals surface area contributed by atoms with E-state index in [1.165, 1.54) is 17.8 Å². The summed E-state index contributed by atoms with van der Waals surface area (Å²) in [4.78, 5) is 23.6.